The third kappa shape index (κ3) is 5.09. The fraction of sp³-hybridized carbons (Fsp3) is 0.938. The van der Waals surface area contributed by atoms with Gasteiger partial charge in [0.25, 0.3) is 0 Å². The Morgan fingerprint density at radius 3 is 2.39 bits per heavy atom. The van der Waals surface area contributed by atoms with Gasteiger partial charge >= 0.3 is 6.09 Å². The maximum atomic E-state index is 12.0. The van der Waals surface area contributed by atoms with Crippen molar-refractivity contribution in [3.63, 3.8) is 0 Å². The lowest BCUT2D eigenvalue weighted by atomic mass is 9.84. The zero-order chi connectivity index (χ0) is 21.0. The highest BCUT2D eigenvalue weighted by Gasteiger charge is 2.49. The number of hydrogen-bond acceptors (Lipinski definition) is 11. The Hall–Kier alpha value is -1.09. The van der Waals surface area contributed by atoms with Crippen molar-refractivity contribution in [3.8, 4) is 0 Å². The van der Waals surface area contributed by atoms with E-state index in [1.54, 1.807) is 0 Å². The Morgan fingerprint density at radius 2 is 1.79 bits per heavy atom. The van der Waals surface area contributed by atoms with Gasteiger partial charge in [0.1, 0.15) is 30.5 Å². The predicted molar refractivity (Wildman–Crippen MR) is 97.7 cm³/mol. The summed E-state index contributed by atoms with van der Waals surface area (Å²) in [6.45, 7) is 2.20. The lowest BCUT2D eigenvalue weighted by molar-refractivity contribution is -0.287. The summed E-state index contributed by atoms with van der Waals surface area (Å²) in [6.07, 6.45) is -7.94. The molecule has 1 heterocycles. The molecule has 28 heavy (non-hydrogen) atoms. The van der Waals surface area contributed by atoms with Crippen molar-refractivity contribution >= 4 is 6.09 Å². The molecule has 0 radical (unpaired) electrons. The number of alkyl carbamates (subject to hydrolysis) is 1. The molecule has 12 nitrogen and oxygen atoms in total. The van der Waals surface area contributed by atoms with E-state index in [-0.39, 0.29) is 13.0 Å². The zero-order valence-corrected chi connectivity index (χ0v) is 15.9. The van der Waals surface area contributed by atoms with Gasteiger partial charge < -0.3 is 57.8 Å². The lowest BCUT2D eigenvalue weighted by Gasteiger charge is -2.46. The molecule has 164 valence electrons. The average molecular weight is 407 g/mol. The molecule has 1 saturated heterocycles. The third-order valence-electron chi connectivity index (χ3n) is 5.10. The van der Waals surface area contributed by atoms with E-state index in [0.717, 1.165) is 0 Å². The highest BCUT2D eigenvalue weighted by Crippen LogP contribution is 2.28. The SMILES string of the molecule is CCCNC(=O)O[C@@H]1[C@@H](O)[C@H](N)C[C@H](N)[C@H]1O[C@H]1O[C@H](CN)[C@@H](O)[C@H](O)[C@H]1N. The number of amides is 1. The number of ether oxygens (including phenoxy) is 3. The molecule has 2 fully saturated rings. The molecule has 1 amide bonds. The Labute approximate surface area is 163 Å². The summed E-state index contributed by atoms with van der Waals surface area (Å²) in [5, 5.41) is 33.1. The minimum Gasteiger partial charge on any atom is -0.441 e. The van der Waals surface area contributed by atoms with Crippen LogP contribution in [0.4, 0.5) is 4.79 Å². The summed E-state index contributed by atoms with van der Waals surface area (Å²) in [6, 6.07) is -2.52. The lowest BCUT2D eigenvalue weighted by Crippen LogP contribution is -2.68. The van der Waals surface area contributed by atoms with Crippen LogP contribution in [0.2, 0.25) is 0 Å². The van der Waals surface area contributed by atoms with Crippen LogP contribution >= 0.6 is 0 Å². The summed E-state index contributed by atoms with van der Waals surface area (Å²) in [4.78, 5) is 12.0. The van der Waals surface area contributed by atoms with Crippen molar-refractivity contribution in [1.82, 2.24) is 5.32 Å². The standard InChI is InChI=1S/C16H33N5O7/c1-2-3-21-16(25)28-14-10(22)6(18)4-7(19)13(14)27-15-9(20)12(24)11(23)8(5-17)26-15/h6-15,22-24H,2-5,17-20H2,1H3,(H,21,25)/t6-,7+,8-,9-,10+,11-,12-,13-,14-,15-/m1/s1. The molecule has 0 unspecified atom stereocenters. The van der Waals surface area contributed by atoms with Crippen molar-refractivity contribution in [2.24, 2.45) is 22.9 Å². The average Bonchev–Trinajstić information content (AvgIpc) is 2.66. The van der Waals surface area contributed by atoms with Crippen molar-refractivity contribution in [2.45, 2.75) is 80.8 Å². The van der Waals surface area contributed by atoms with E-state index in [1.807, 2.05) is 6.92 Å². The monoisotopic (exact) mass is 407 g/mol. The topological polar surface area (TPSA) is 222 Å². The number of rotatable bonds is 6. The molecule has 1 aliphatic carbocycles. The fourth-order valence-corrected chi connectivity index (χ4v) is 3.40. The molecular weight excluding hydrogens is 374 g/mol. The van der Waals surface area contributed by atoms with E-state index < -0.39 is 67.1 Å². The van der Waals surface area contributed by atoms with Crippen LogP contribution in [0.1, 0.15) is 19.8 Å². The molecule has 2 aliphatic rings. The summed E-state index contributed by atoms with van der Waals surface area (Å²) in [7, 11) is 0. The maximum absolute atomic E-state index is 12.0. The van der Waals surface area contributed by atoms with Crippen LogP contribution in [0, 0.1) is 0 Å². The first-order valence-corrected chi connectivity index (χ1v) is 9.47. The Bertz CT molecular complexity index is 514. The molecular formula is C16H33N5O7. The smallest absolute Gasteiger partial charge is 0.407 e. The molecule has 1 saturated carbocycles. The molecule has 2 rings (SSSR count). The normalized spacial score (nSPS) is 44.1. The van der Waals surface area contributed by atoms with E-state index in [2.05, 4.69) is 5.32 Å². The quantitative estimate of drug-likeness (QED) is 0.212. The van der Waals surface area contributed by atoms with Gasteiger partial charge in [-0.15, -0.1) is 0 Å². The molecule has 0 aromatic carbocycles. The summed E-state index contributed by atoms with van der Waals surface area (Å²) < 4.78 is 16.7. The molecule has 0 aromatic heterocycles. The van der Waals surface area contributed by atoms with E-state index in [1.165, 1.54) is 0 Å². The molecule has 0 spiro atoms. The van der Waals surface area contributed by atoms with Crippen molar-refractivity contribution < 1.29 is 34.3 Å². The maximum Gasteiger partial charge on any atom is 0.407 e. The largest absolute Gasteiger partial charge is 0.441 e. The van der Waals surface area contributed by atoms with Crippen LogP contribution in [-0.2, 0) is 14.2 Å². The second kappa shape index (κ2) is 10.1. The van der Waals surface area contributed by atoms with Crippen LogP contribution in [-0.4, -0.2) is 95.5 Å². The van der Waals surface area contributed by atoms with Crippen LogP contribution in [0.5, 0.6) is 0 Å². The second-order valence-electron chi connectivity index (χ2n) is 7.29. The first kappa shape index (κ1) is 23.2. The van der Waals surface area contributed by atoms with Crippen molar-refractivity contribution in [2.75, 3.05) is 13.1 Å². The minimum atomic E-state index is -1.34. The van der Waals surface area contributed by atoms with Gasteiger partial charge in [0.2, 0.25) is 0 Å². The molecule has 12 N–H and O–H groups in total. The number of carbonyl (C=O) groups excluding carboxylic acids is 1. The predicted octanol–water partition coefficient (Wildman–Crippen LogP) is -3.97. The van der Waals surface area contributed by atoms with E-state index in [4.69, 9.17) is 37.1 Å². The minimum absolute atomic E-state index is 0.0750. The van der Waals surface area contributed by atoms with E-state index in [0.29, 0.717) is 13.0 Å². The van der Waals surface area contributed by atoms with Crippen LogP contribution in [0.15, 0.2) is 0 Å². The Kier molecular flexibility index (Phi) is 8.36. The molecule has 12 heteroatoms. The number of nitrogens with two attached hydrogens (primary N) is 4. The van der Waals surface area contributed by atoms with Crippen LogP contribution < -0.4 is 28.3 Å². The van der Waals surface area contributed by atoms with E-state index >= 15 is 0 Å². The Balaban J connectivity index is 2.15. The molecule has 1 aliphatic heterocycles. The first-order chi connectivity index (χ1) is 13.2. The van der Waals surface area contributed by atoms with Gasteiger partial charge in [-0.05, 0) is 12.8 Å². The van der Waals surface area contributed by atoms with Gasteiger partial charge in [-0.25, -0.2) is 4.79 Å². The van der Waals surface area contributed by atoms with Crippen LogP contribution in [0.3, 0.4) is 0 Å². The highest BCUT2D eigenvalue weighted by molar-refractivity contribution is 5.67. The first-order valence-electron chi connectivity index (χ1n) is 9.47. The highest BCUT2D eigenvalue weighted by atomic mass is 16.7. The second-order valence-corrected chi connectivity index (χ2v) is 7.29. The molecule has 10 atom stereocenters. The van der Waals surface area contributed by atoms with Gasteiger partial charge in [0.15, 0.2) is 12.4 Å². The Morgan fingerprint density at radius 1 is 1.11 bits per heavy atom. The molecule has 0 bridgehead atoms. The third-order valence-corrected chi connectivity index (χ3v) is 5.10. The number of aliphatic hydroxyl groups is 3. The van der Waals surface area contributed by atoms with Gasteiger partial charge in [0, 0.05) is 25.2 Å². The number of nitrogens with one attached hydrogen (secondary N) is 1. The molecule has 0 aromatic rings. The summed E-state index contributed by atoms with van der Waals surface area (Å²) in [5.74, 6) is 0. The van der Waals surface area contributed by atoms with Gasteiger partial charge in [-0.3, -0.25) is 0 Å². The van der Waals surface area contributed by atoms with E-state index in [9.17, 15) is 20.1 Å². The van der Waals surface area contributed by atoms with Crippen molar-refractivity contribution in [3.05, 3.63) is 0 Å². The number of hydrogen-bond donors (Lipinski definition) is 8. The van der Waals surface area contributed by atoms with Crippen LogP contribution in [0.25, 0.3) is 0 Å². The van der Waals surface area contributed by atoms with Crippen molar-refractivity contribution in [1.29, 1.82) is 0 Å². The number of carbonyl (C=O) groups is 1. The van der Waals surface area contributed by atoms with Gasteiger partial charge in [-0.2, -0.15) is 0 Å². The zero-order valence-electron chi connectivity index (χ0n) is 15.9. The summed E-state index contributed by atoms with van der Waals surface area (Å²) in [5.41, 5.74) is 23.5. The van der Waals surface area contributed by atoms with Gasteiger partial charge in [0.05, 0.1) is 6.04 Å². The number of aliphatic hydroxyl groups excluding tert-OH is 3. The fourth-order valence-electron chi connectivity index (χ4n) is 3.40. The van der Waals surface area contributed by atoms with Gasteiger partial charge in [-0.1, -0.05) is 6.92 Å². The summed E-state index contributed by atoms with van der Waals surface area (Å²) >= 11 is 0.